The Hall–Kier alpha value is -3.42. The van der Waals surface area contributed by atoms with E-state index >= 15 is 0 Å². The molecule has 0 aliphatic heterocycles. The number of para-hydroxylation sites is 1. The molecule has 0 fully saturated rings. The van der Waals surface area contributed by atoms with Crippen molar-refractivity contribution in [3.63, 3.8) is 0 Å². The molecule has 0 saturated heterocycles. The molecule has 0 aliphatic carbocycles. The fourth-order valence-electron chi connectivity index (χ4n) is 2.54. The standard InChI is InChI=1S/C19H18FN3O4/c1-3-26-19(24)17-16(21-23-22-17)13-8-6-10-15(25-2)18(13)27-11-12-7-4-5-9-14(12)20/h4-10H,3,11H2,1-2H3,(H,21,22,23). The maximum atomic E-state index is 13.9. The molecule has 1 aromatic heterocycles. The highest BCUT2D eigenvalue weighted by atomic mass is 19.1. The fourth-order valence-corrected chi connectivity index (χ4v) is 2.54. The number of aromatic amines is 1. The molecule has 0 unspecified atom stereocenters. The maximum absolute atomic E-state index is 13.9. The van der Waals surface area contributed by atoms with Gasteiger partial charge >= 0.3 is 5.97 Å². The van der Waals surface area contributed by atoms with Crippen molar-refractivity contribution in [2.75, 3.05) is 13.7 Å². The molecule has 0 bridgehead atoms. The zero-order valence-electron chi connectivity index (χ0n) is 14.9. The van der Waals surface area contributed by atoms with E-state index in [1.165, 1.54) is 13.2 Å². The van der Waals surface area contributed by atoms with Gasteiger partial charge in [-0.15, -0.1) is 5.10 Å². The van der Waals surface area contributed by atoms with Crippen molar-refractivity contribution in [2.45, 2.75) is 13.5 Å². The number of nitrogens with zero attached hydrogens (tertiary/aromatic N) is 2. The summed E-state index contributed by atoms with van der Waals surface area (Å²) < 4.78 is 30.1. The number of esters is 1. The number of H-pyrrole nitrogens is 1. The second-order valence-electron chi connectivity index (χ2n) is 5.46. The summed E-state index contributed by atoms with van der Waals surface area (Å²) in [6.45, 7) is 1.89. The SMILES string of the molecule is CCOC(=O)c1n[nH]nc1-c1cccc(OC)c1OCc1ccccc1F. The van der Waals surface area contributed by atoms with Crippen molar-refractivity contribution in [2.24, 2.45) is 0 Å². The molecule has 2 aromatic carbocycles. The molecular formula is C19H18FN3O4. The van der Waals surface area contributed by atoms with Crippen LogP contribution in [0.3, 0.4) is 0 Å². The third-order valence-electron chi connectivity index (χ3n) is 3.80. The molecule has 0 atom stereocenters. The van der Waals surface area contributed by atoms with Crippen LogP contribution in [0, 0.1) is 5.82 Å². The number of hydrogen-bond donors (Lipinski definition) is 1. The molecule has 0 aliphatic rings. The van der Waals surface area contributed by atoms with E-state index in [1.54, 1.807) is 43.3 Å². The van der Waals surface area contributed by atoms with Gasteiger partial charge in [0.1, 0.15) is 18.1 Å². The lowest BCUT2D eigenvalue weighted by Gasteiger charge is -2.14. The van der Waals surface area contributed by atoms with Crippen molar-refractivity contribution in [1.82, 2.24) is 15.4 Å². The number of halogens is 1. The van der Waals surface area contributed by atoms with Gasteiger partial charge in [0.25, 0.3) is 0 Å². The van der Waals surface area contributed by atoms with Gasteiger partial charge < -0.3 is 14.2 Å². The second kappa shape index (κ2) is 8.31. The smallest absolute Gasteiger partial charge is 0.361 e. The zero-order chi connectivity index (χ0) is 19.2. The summed E-state index contributed by atoms with van der Waals surface area (Å²) in [4.78, 5) is 12.1. The number of hydrogen-bond acceptors (Lipinski definition) is 6. The van der Waals surface area contributed by atoms with E-state index in [0.717, 1.165) is 0 Å². The van der Waals surface area contributed by atoms with Gasteiger partial charge in [0.05, 0.1) is 19.3 Å². The van der Waals surface area contributed by atoms with E-state index < -0.39 is 5.97 Å². The molecule has 0 radical (unpaired) electrons. The molecular weight excluding hydrogens is 353 g/mol. The summed E-state index contributed by atoms with van der Waals surface area (Å²) in [6, 6.07) is 11.5. The summed E-state index contributed by atoms with van der Waals surface area (Å²) in [6.07, 6.45) is 0. The van der Waals surface area contributed by atoms with Gasteiger partial charge in [0, 0.05) is 5.56 Å². The first-order valence-electron chi connectivity index (χ1n) is 8.27. The first kappa shape index (κ1) is 18.4. The molecule has 3 aromatic rings. The largest absolute Gasteiger partial charge is 0.493 e. The lowest BCUT2D eigenvalue weighted by Crippen LogP contribution is -2.07. The number of carbonyl (C=O) groups is 1. The summed E-state index contributed by atoms with van der Waals surface area (Å²) in [7, 11) is 1.49. The third-order valence-corrected chi connectivity index (χ3v) is 3.80. The summed E-state index contributed by atoms with van der Waals surface area (Å²) >= 11 is 0. The lowest BCUT2D eigenvalue weighted by atomic mass is 10.1. The van der Waals surface area contributed by atoms with Crippen LogP contribution in [-0.2, 0) is 11.3 Å². The Morgan fingerprint density at radius 1 is 1.15 bits per heavy atom. The Balaban J connectivity index is 1.99. The van der Waals surface area contributed by atoms with Crippen molar-refractivity contribution in [1.29, 1.82) is 0 Å². The van der Waals surface area contributed by atoms with Crippen molar-refractivity contribution in [3.05, 3.63) is 59.5 Å². The number of carbonyl (C=O) groups excluding carboxylic acids is 1. The quantitative estimate of drug-likeness (QED) is 0.641. The van der Waals surface area contributed by atoms with Crippen molar-refractivity contribution >= 4 is 5.97 Å². The highest BCUT2D eigenvalue weighted by Gasteiger charge is 2.23. The molecule has 8 heteroatoms. The minimum absolute atomic E-state index is 0.0212. The number of aromatic nitrogens is 3. The molecule has 1 N–H and O–H groups in total. The van der Waals surface area contributed by atoms with Crippen LogP contribution in [-0.4, -0.2) is 35.1 Å². The molecule has 7 nitrogen and oxygen atoms in total. The molecule has 0 saturated carbocycles. The number of ether oxygens (including phenoxy) is 3. The van der Waals surface area contributed by atoms with E-state index in [4.69, 9.17) is 14.2 Å². The molecule has 0 spiro atoms. The van der Waals surface area contributed by atoms with Crippen LogP contribution >= 0.6 is 0 Å². The van der Waals surface area contributed by atoms with E-state index in [-0.39, 0.29) is 30.4 Å². The number of nitrogens with one attached hydrogen (secondary N) is 1. The van der Waals surface area contributed by atoms with Crippen LogP contribution in [0.5, 0.6) is 11.5 Å². The van der Waals surface area contributed by atoms with Crippen molar-refractivity contribution in [3.8, 4) is 22.8 Å². The normalized spacial score (nSPS) is 10.5. The van der Waals surface area contributed by atoms with Crippen LogP contribution in [0.25, 0.3) is 11.3 Å². The van der Waals surface area contributed by atoms with E-state index in [9.17, 15) is 9.18 Å². The first-order chi connectivity index (χ1) is 13.2. The molecule has 27 heavy (non-hydrogen) atoms. The van der Waals surface area contributed by atoms with Crippen LogP contribution < -0.4 is 9.47 Å². The predicted molar refractivity (Wildman–Crippen MR) is 95.1 cm³/mol. The Labute approximate surface area is 155 Å². The average Bonchev–Trinajstić information content (AvgIpc) is 3.17. The van der Waals surface area contributed by atoms with Gasteiger partial charge in [-0.25, -0.2) is 9.18 Å². The highest BCUT2D eigenvalue weighted by Crippen LogP contribution is 2.38. The monoisotopic (exact) mass is 371 g/mol. The second-order valence-corrected chi connectivity index (χ2v) is 5.46. The molecule has 0 amide bonds. The Morgan fingerprint density at radius 2 is 1.96 bits per heavy atom. The van der Waals surface area contributed by atoms with Crippen molar-refractivity contribution < 1.29 is 23.4 Å². The third kappa shape index (κ3) is 3.89. The maximum Gasteiger partial charge on any atom is 0.361 e. The number of rotatable bonds is 7. The van der Waals surface area contributed by atoms with E-state index in [2.05, 4.69) is 15.4 Å². The van der Waals surface area contributed by atoms with Gasteiger partial charge in [-0.2, -0.15) is 10.3 Å². The minimum Gasteiger partial charge on any atom is -0.493 e. The van der Waals surface area contributed by atoms with Gasteiger partial charge in [0.15, 0.2) is 17.2 Å². The summed E-state index contributed by atoms with van der Waals surface area (Å²) in [5, 5.41) is 10.4. The average molecular weight is 371 g/mol. The Kier molecular flexibility index (Phi) is 5.65. The number of benzene rings is 2. The van der Waals surface area contributed by atoms with Crippen LogP contribution in [0.1, 0.15) is 23.0 Å². The predicted octanol–water partition coefficient (Wildman–Crippen LogP) is 3.38. The van der Waals surface area contributed by atoms with Crippen LogP contribution in [0.4, 0.5) is 4.39 Å². The summed E-state index contributed by atoms with van der Waals surface area (Å²) in [5.41, 5.74) is 1.15. The Bertz CT molecular complexity index is 942. The first-order valence-corrected chi connectivity index (χ1v) is 8.27. The van der Waals surface area contributed by atoms with Gasteiger partial charge in [-0.1, -0.05) is 24.3 Å². The summed E-state index contributed by atoms with van der Waals surface area (Å²) in [5.74, 6) is -0.240. The zero-order valence-corrected chi connectivity index (χ0v) is 14.9. The van der Waals surface area contributed by atoms with Gasteiger partial charge in [0.2, 0.25) is 0 Å². The molecule has 140 valence electrons. The number of methoxy groups -OCH3 is 1. The van der Waals surface area contributed by atoms with E-state index in [0.29, 0.717) is 22.6 Å². The van der Waals surface area contributed by atoms with Crippen LogP contribution in [0.15, 0.2) is 42.5 Å². The highest BCUT2D eigenvalue weighted by molar-refractivity contribution is 5.95. The minimum atomic E-state index is -0.607. The fraction of sp³-hybridized carbons (Fsp3) is 0.211. The Morgan fingerprint density at radius 3 is 2.70 bits per heavy atom. The topological polar surface area (TPSA) is 86.3 Å². The van der Waals surface area contributed by atoms with Gasteiger partial charge in [-0.3, -0.25) is 0 Å². The van der Waals surface area contributed by atoms with Gasteiger partial charge in [-0.05, 0) is 25.1 Å². The molecule has 3 rings (SSSR count). The molecule has 1 heterocycles. The van der Waals surface area contributed by atoms with E-state index in [1.807, 2.05) is 0 Å². The van der Waals surface area contributed by atoms with Crippen LogP contribution in [0.2, 0.25) is 0 Å². The lowest BCUT2D eigenvalue weighted by molar-refractivity contribution is 0.0520.